The summed E-state index contributed by atoms with van der Waals surface area (Å²) in [6, 6.07) is 23.9. The van der Waals surface area contributed by atoms with Gasteiger partial charge in [0.2, 0.25) is 0 Å². The third kappa shape index (κ3) is 6.08. The molecule has 0 aromatic heterocycles. The normalized spacial score (nSPS) is 18.1. The van der Waals surface area contributed by atoms with Crippen LogP contribution in [0.5, 0.6) is 17.2 Å². The number of carbonyl (C=O) groups excluding carboxylic acids is 1. The number of amides is 1. The summed E-state index contributed by atoms with van der Waals surface area (Å²) in [5, 5.41) is 6.52. The monoisotopic (exact) mass is 528 g/mol. The van der Waals surface area contributed by atoms with Crippen LogP contribution in [-0.2, 0) is 11.3 Å². The van der Waals surface area contributed by atoms with E-state index in [9.17, 15) is 4.79 Å². The number of rotatable bonds is 9. The van der Waals surface area contributed by atoms with E-state index >= 15 is 0 Å². The summed E-state index contributed by atoms with van der Waals surface area (Å²) >= 11 is 0. The molecule has 0 unspecified atom stereocenters. The quantitative estimate of drug-likeness (QED) is 0.415. The van der Waals surface area contributed by atoms with Crippen LogP contribution < -0.4 is 14.2 Å². The fourth-order valence-corrected chi connectivity index (χ4v) is 5.33. The Balaban J connectivity index is 1.33. The maximum absolute atomic E-state index is 13.7. The number of piperazine rings is 1. The van der Waals surface area contributed by atoms with E-state index in [2.05, 4.69) is 34.1 Å². The molecule has 2 heterocycles. The highest BCUT2D eigenvalue weighted by molar-refractivity contribution is 6.03. The standard InChI is InChI=1S/C31H36N4O4/c1-37-28-12-8-7-11-25(28)27-20-26(24-13-14-29(38-2)30(19-24)39-3)32-35(27)31(36)22-34-17-15-33(16-18-34)21-23-9-5-4-6-10-23/h4-14,19,27H,15-18,20-22H2,1-3H3/t27-/m0/s1. The molecule has 0 saturated carbocycles. The number of para-hydroxylation sites is 1. The molecule has 0 spiro atoms. The maximum atomic E-state index is 13.7. The first kappa shape index (κ1) is 26.7. The molecule has 39 heavy (non-hydrogen) atoms. The average Bonchev–Trinajstić information content (AvgIpc) is 3.44. The molecule has 1 atom stereocenters. The number of ether oxygens (including phenoxy) is 3. The van der Waals surface area contributed by atoms with Crippen molar-refractivity contribution in [2.24, 2.45) is 5.10 Å². The Morgan fingerprint density at radius 2 is 1.46 bits per heavy atom. The minimum atomic E-state index is -0.254. The third-order valence-electron chi connectivity index (χ3n) is 7.45. The maximum Gasteiger partial charge on any atom is 0.257 e. The minimum Gasteiger partial charge on any atom is -0.496 e. The summed E-state index contributed by atoms with van der Waals surface area (Å²) in [5.74, 6) is 2.02. The molecule has 0 aliphatic carbocycles. The van der Waals surface area contributed by atoms with Crippen LogP contribution in [0.1, 0.15) is 29.2 Å². The van der Waals surface area contributed by atoms with E-state index < -0.39 is 0 Å². The summed E-state index contributed by atoms with van der Waals surface area (Å²) in [7, 11) is 4.89. The molecule has 1 saturated heterocycles. The molecule has 5 rings (SSSR count). The van der Waals surface area contributed by atoms with E-state index in [1.165, 1.54) is 5.56 Å². The molecule has 0 radical (unpaired) electrons. The largest absolute Gasteiger partial charge is 0.496 e. The van der Waals surface area contributed by atoms with Crippen LogP contribution in [0.3, 0.4) is 0 Å². The Labute approximate surface area is 230 Å². The van der Waals surface area contributed by atoms with Crippen molar-refractivity contribution in [2.75, 3.05) is 54.1 Å². The highest BCUT2D eigenvalue weighted by Crippen LogP contribution is 2.38. The van der Waals surface area contributed by atoms with Gasteiger partial charge in [-0.05, 0) is 29.8 Å². The second-order valence-corrected chi connectivity index (χ2v) is 9.85. The first-order valence-corrected chi connectivity index (χ1v) is 13.3. The molecular weight excluding hydrogens is 492 g/mol. The molecule has 0 N–H and O–H groups in total. The van der Waals surface area contributed by atoms with Crippen molar-refractivity contribution in [3.63, 3.8) is 0 Å². The lowest BCUT2D eigenvalue weighted by molar-refractivity contribution is -0.134. The van der Waals surface area contributed by atoms with Crippen molar-refractivity contribution >= 4 is 11.6 Å². The van der Waals surface area contributed by atoms with E-state index in [-0.39, 0.29) is 11.9 Å². The zero-order chi connectivity index (χ0) is 27.2. The van der Waals surface area contributed by atoms with Crippen LogP contribution in [0.25, 0.3) is 0 Å². The van der Waals surface area contributed by atoms with Crippen LogP contribution in [0.4, 0.5) is 0 Å². The van der Waals surface area contributed by atoms with Gasteiger partial charge in [0.15, 0.2) is 11.5 Å². The topological polar surface area (TPSA) is 66.8 Å². The minimum absolute atomic E-state index is 0.0158. The molecular formula is C31H36N4O4. The number of benzene rings is 3. The van der Waals surface area contributed by atoms with Gasteiger partial charge in [-0.25, -0.2) is 5.01 Å². The van der Waals surface area contributed by atoms with E-state index in [0.29, 0.717) is 24.5 Å². The zero-order valence-corrected chi connectivity index (χ0v) is 22.9. The van der Waals surface area contributed by atoms with Crippen LogP contribution in [0.2, 0.25) is 0 Å². The van der Waals surface area contributed by atoms with Crippen LogP contribution in [0.15, 0.2) is 77.9 Å². The van der Waals surface area contributed by atoms with Gasteiger partial charge >= 0.3 is 0 Å². The lowest BCUT2D eigenvalue weighted by Crippen LogP contribution is -2.49. The number of hydrogen-bond donors (Lipinski definition) is 0. The number of hydrazone groups is 1. The van der Waals surface area contributed by atoms with Crippen molar-refractivity contribution in [1.29, 1.82) is 0 Å². The van der Waals surface area contributed by atoms with Crippen molar-refractivity contribution in [1.82, 2.24) is 14.8 Å². The van der Waals surface area contributed by atoms with Crippen molar-refractivity contribution < 1.29 is 19.0 Å². The molecule has 3 aromatic rings. The Morgan fingerprint density at radius 3 is 2.18 bits per heavy atom. The van der Waals surface area contributed by atoms with Gasteiger partial charge in [0.25, 0.3) is 5.91 Å². The average molecular weight is 529 g/mol. The summed E-state index contributed by atoms with van der Waals surface area (Å²) < 4.78 is 16.6. The van der Waals surface area contributed by atoms with Gasteiger partial charge in [0, 0.05) is 50.3 Å². The summed E-state index contributed by atoms with van der Waals surface area (Å²) in [6.07, 6.45) is 0.576. The molecule has 3 aromatic carbocycles. The van der Waals surface area contributed by atoms with Crippen molar-refractivity contribution in [3.8, 4) is 17.2 Å². The second-order valence-electron chi connectivity index (χ2n) is 9.85. The summed E-state index contributed by atoms with van der Waals surface area (Å²) in [6.45, 7) is 4.81. The molecule has 8 heteroatoms. The fraction of sp³-hybridized carbons (Fsp3) is 0.355. The predicted octanol–water partition coefficient (Wildman–Crippen LogP) is 4.21. The first-order chi connectivity index (χ1) is 19.1. The first-order valence-electron chi connectivity index (χ1n) is 13.3. The van der Waals surface area contributed by atoms with Gasteiger partial charge in [-0.3, -0.25) is 14.6 Å². The molecule has 204 valence electrons. The Bertz CT molecular complexity index is 1300. The second kappa shape index (κ2) is 12.3. The lowest BCUT2D eigenvalue weighted by atomic mass is 9.97. The lowest BCUT2D eigenvalue weighted by Gasteiger charge is -2.35. The van der Waals surface area contributed by atoms with E-state index in [1.54, 1.807) is 26.3 Å². The Morgan fingerprint density at radius 1 is 0.795 bits per heavy atom. The van der Waals surface area contributed by atoms with Crippen LogP contribution >= 0.6 is 0 Å². The molecule has 2 aliphatic heterocycles. The third-order valence-corrected chi connectivity index (χ3v) is 7.45. The van der Waals surface area contributed by atoms with Gasteiger partial charge in [0.1, 0.15) is 5.75 Å². The van der Waals surface area contributed by atoms with Gasteiger partial charge in [-0.1, -0.05) is 48.5 Å². The predicted molar refractivity (Wildman–Crippen MR) is 151 cm³/mol. The van der Waals surface area contributed by atoms with Crippen molar-refractivity contribution in [2.45, 2.75) is 19.0 Å². The number of carbonyl (C=O) groups is 1. The van der Waals surface area contributed by atoms with Gasteiger partial charge in [0.05, 0.1) is 39.6 Å². The summed E-state index contributed by atoms with van der Waals surface area (Å²) in [4.78, 5) is 18.4. The Hall–Kier alpha value is -3.88. The molecule has 1 amide bonds. The molecule has 0 bridgehead atoms. The Kier molecular flexibility index (Phi) is 8.44. The van der Waals surface area contributed by atoms with E-state index in [4.69, 9.17) is 19.3 Å². The van der Waals surface area contributed by atoms with Gasteiger partial charge in [-0.2, -0.15) is 5.10 Å². The number of hydrogen-bond acceptors (Lipinski definition) is 7. The molecule has 1 fully saturated rings. The van der Waals surface area contributed by atoms with Crippen LogP contribution in [-0.4, -0.2) is 80.5 Å². The fourth-order valence-electron chi connectivity index (χ4n) is 5.33. The smallest absolute Gasteiger partial charge is 0.257 e. The SMILES string of the molecule is COc1ccc(C2=NN(C(=O)CN3CCN(Cc4ccccc4)CC3)[C@H](c3ccccc3OC)C2)cc1OC. The number of methoxy groups -OCH3 is 3. The highest BCUT2D eigenvalue weighted by Gasteiger charge is 2.36. The summed E-state index contributed by atoms with van der Waals surface area (Å²) in [5.41, 5.74) is 3.99. The van der Waals surface area contributed by atoms with Gasteiger partial charge < -0.3 is 14.2 Å². The van der Waals surface area contributed by atoms with E-state index in [0.717, 1.165) is 55.3 Å². The zero-order valence-electron chi connectivity index (χ0n) is 22.9. The van der Waals surface area contributed by atoms with Crippen LogP contribution in [0, 0.1) is 0 Å². The van der Waals surface area contributed by atoms with Crippen molar-refractivity contribution in [3.05, 3.63) is 89.5 Å². The van der Waals surface area contributed by atoms with Gasteiger partial charge in [-0.15, -0.1) is 0 Å². The van der Waals surface area contributed by atoms with E-state index in [1.807, 2.05) is 48.5 Å². The molecule has 2 aliphatic rings. The highest BCUT2D eigenvalue weighted by atomic mass is 16.5. The molecule has 8 nitrogen and oxygen atoms in total. The number of nitrogens with zero attached hydrogens (tertiary/aromatic N) is 4.